The second-order valence-electron chi connectivity index (χ2n) is 4.95. The van der Waals surface area contributed by atoms with Crippen LogP contribution in [-0.2, 0) is 10.1 Å². The zero-order valence-electron chi connectivity index (χ0n) is 13.2. The van der Waals surface area contributed by atoms with Crippen LogP contribution in [0.1, 0.15) is 0 Å². The van der Waals surface area contributed by atoms with E-state index < -0.39 is 18.0 Å². The largest absolute Gasteiger partial charge is 1.00 e. The van der Waals surface area contributed by atoms with Gasteiger partial charge in [0.15, 0.2) is 0 Å². The smallest absolute Gasteiger partial charge is 0.282 e. The Morgan fingerprint density at radius 3 is 1.54 bits per heavy atom. The van der Waals surface area contributed by atoms with E-state index in [0.29, 0.717) is 5.30 Å². The van der Waals surface area contributed by atoms with Crippen molar-refractivity contribution in [3.8, 4) is 0 Å². The molecule has 0 aliphatic rings. The predicted molar refractivity (Wildman–Crippen MR) is 95.0 cm³/mol. The minimum absolute atomic E-state index is 0. The molecule has 0 fully saturated rings. The van der Waals surface area contributed by atoms with Gasteiger partial charge >= 0.3 is 29.6 Å². The van der Waals surface area contributed by atoms with Crippen LogP contribution in [0.2, 0.25) is 0 Å². The van der Waals surface area contributed by atoms with E-state index in [-0.39, 0.29) is 34.5 Å². The molecule has 0 atom stereocenters. The summed E-state index contributed by atoms with van der Waals surface area (Å²) in [5.74, 6) is 0. The van der Waals surface area contributed by atoms with Gasteiger partial charge in [-0.05, 0) is 24.6 Å². The van der Waals surface area contributed by atoms with Gasteiger partial charge in [-0.25, -0.2) is 0 Å². The summed E-state index contributed by atoms with van der Waals surface area (Å²) in [6, 6.07) is 26.2. The molecule has 0 aromatic heterocycles. The summed E-state index contributed by atoms with van der Waals surface area (Å²) in [7, 11) is -5.35. The summed E-state index contributed by atoms with van der Waals surface area (Å²) < 4.78 is 33.2. The van der Waals surface area contributed by atoms with Crippen LogP contribution >= 0.6 is 7.92 Å². The fourth-order valence-corrected chi connectivity index (χ4v) is 5.97. The van der Waals surface area contributed by atoms with Crippen molar-refractivity contribution in [3.05, 3.63) is 84.9 Å². The van der Waals surface area contributed by atoms with Crippen molar-refractivity contribution in [2.45, 2.75) is 4.90 Å². The Labute approximate surface area is 165 Å². The van der Waals surface area contributed by atoms with Crippen LogP contribution in [0.25, 0.3) is 0 Å². The molecule has 3 nitrogen and oxygen atoms in total. The molecule has 1 N–H and O–H groups in total. The molecule has 0 saturated carbocycles. The molecule has 0 spiro atoms. The van der Waals surface area contributed by atoms with E-state index in [4.69, 9.17) is 0 Å². The summed E-state index contributed by atoms with van der Waals surface area (Å²) in [6.07, 6.45) is 0. The maximum Gasteiger partial charge on any atom is 1.00 e. The van der Waals surface area contributed by atoms with Crippen molar-refractivity contribution in [1.82, 2.24) is 0 Å². The Bertz CT molecular complexity index is 860. The second kappa shape index (κ2) is 8.39. The summed E-state index contributed by atoms with van der Waals surface area (Å²) in [5.41, 5.74) is 0. The van der Waals surface area contributed by atoms with Crippen LogP contribution in [0.3, 0.4) is 0 Å². The average molecular weight is 365 g/mol. The molecule has 24 heavy (non-hydrogen) atoms. The first-order valence-corrected chi connectivity index (χ1v) is 9.82. The van der Waals surface area contributed by atoms with Gasteiger partial charge in [0, 0.05) is 5.30 Å². The van der Waals surface area contributed by atoms with Crippen molar-refractivity contribution in [1.29, 1.82) is 0 Å². The maximum atomic E-state index is 11.8. The number of rotatable bonds is 4. The van der Waals surface area contributed by atoms with Gasteiger partial charge in [-0.15, -0.1) is 0 Å². The predicted octanol–water partition coefficient (Wildman–Crippen LogP) is -0.304. The molecule has 0 saturated heterocycles. The molecule has 0 unspecified atom stereocenters. The van der Waals surface area contributed by atoms with E-state index in [1.807, 2.05) is 60.7 Å². The summed E-state index contributed by atoms with van der Waals surface area (Å²) >= 11 is 0. The van der Waals surface area contributed by atoms with Gasteiger partial charge in [-0.1, -0.05) is 78.9 Å². The quantitative estimate of drug-likeness (QED) is 0.392. The minimum Gasteiger partial charge on any atom is -0.282 e. The molecule has 6 heteroatoms. The first-order chi connectivity index (χ1) is 11.1. The molecular formula is C18H15NaO3PS+. The monoisotopic (exact) mass is 365 g/mol. The zero-order chi connectivity index (χ0) is 16.3. The Balaban J connectivity index is 0.00000208. The van der Waals surface area contributed by atoms with Crippen LogP contribution in [0.4, 0.5) is 0 Å². The van der Waals surface area contributed by atoms with Gasteiger partial charge in [0.05, 0.1) is 0 Å². The van der Waals surface area contributed by atoms with Crippen LogP contribution < -0.4 is 45.5 Å². The third-order valence-corrected chi connectivity index (χ3v) is 6.98. The Kier molecular flexibility index (Phi) is 6.76. The third-order valence-electron chi connectivity index (χ3n) is 3.41. The SMILES string of the molecule is O=S(=O)(O)c1ccccc1P(c1ccccc1)c1ccccc1.[Na+]. The number of hydrogen-bond acceptors (Lipinski definition) is 2. The average Bonchev–Trinajstić information content (AvgIpc) is 2.57. The van der Waals surface area contributed by atoms with Crippen molar-refractivity contribution in [2.24, 2.45) is 0 Å². The fraction of sp³-hybridized carbons (Fsp3) is 0. The van der Waals surface area contributed by atoms with Gasteiger partial charge in [-0.3, -0.25) is 4.55 Å². The molecule has 3 aromatic carbocycles. The fourth-order valence-electron chi connectivity index (χ4n) is 2.44. The molecule has 3 rings (SSSR count). The van der Waals surface area contributed by atoms with Gasteiger partial charge in [-0.2, -0.15) is 8.42 Å². The van der Waals surface area contributed by atoms with E-state index in [1.165, 1.54) is 6.07 Å². The van der Waals surface area contributed by atoms with E-state index >= 15 is 0 Å². The van der Waals surface area contributed by atoms with Gasteiger partial charge in [0.1, 0.15) is 4.90 Å². The molecule has 0 radical (unpaired) electrons. The first-order valence-electron chi connectivity index (χ1n) is 7.04. The van der Waals surface area contributed by atoms with Crippen LogP contribution in [0.15, 0.2) is 89.8 Å². The normalized spacial score (nSPS) is 11.1. The van der Waals surface area contributed by atoms with Gasteiger partial charge in [0.2, 0.25) is 0 Å². The Hall–Kier alpha value is -1.000. The van der Waals surface area contributed by atoms with Gasteiger partial charge < -0.3 is 0 Å². The van der Waals surface area contributed by atoms with E-state index in [1.54, 1.807) is 18.2 Å². The van der Waals surface area contributed by atoms with Crippen molar-refractivity contribution >= 4 is 34.0 Å². The van der Waals surface area contributed by atoms with Crippen LogP contribution in [0, 0.1) is 0 Å². The van der Waals surface area contributed by atoms with Crippen LogP contribution in [-0.4, -0.2) is 13.0 Å². The topological polar surface area (TPSA) is 54.4 Å². The number of benzene rings is 3. The molecule has 116 valence electrons. The number of hydrogen-bond donors (Lipinski definition) is 1. The van der Waals surface area contributed by atoms with Crippen molar-refractivity contribution < 1.29 is 42.5 Å². The maximum absolute atomic E-state index is 11.8. The second-order valence-corrected chi connectivity index (χ2v) is 8.52. The molecule has 0 amide bonds. The van der Waals surface area contributed by atoms with E-state index in [9.17, 15) is 13.0 Å². The molecule has 0 bridgehead atoms. The van der Waals surface area contributed by atoms with Crippen molar-refractivity contribution in [3.63, 3.8) is 0 Å². The van der Waals surface area contributed by atoms with Crippen molar-refractivity contribution in [2.75, 3.05) is 0 Å². The Morgan fingerprint density at radius 1 is 0.667 bits per heavy atom. The standard InChI is InChI=1S/C18H15O3PS.Na/c19-23(20,21)18-14-8-7-13-17(18)22(15-9-3-1-4-10-15)16-11-5-2-6-12-16;/h1-14H,(H,19,20,21);/q;+1. The molecule has 0 aliphatic carbocycles. The first kappa shape index (κ1) is 19.3. The zero-order valence-corrected chi connectivity index (χ0v) is 16.9. The molecule has 0 heterocycles. The Morgan fingerprint density at radius 2 is 1.08 bits per heavy atom. The summed E-state index contributed by atoms with van der Waals surface area (Å²) in [5, 5.41) is 2.69. The van der Waals surface area contributed by atoms with E-state index in [0.717, 1.165) is 10.6 Å². The van der Waals surface area contributed by atoms with Crippen LogP contribution in [0.5, 0.6) is 0 Å². The molecular weight excluding hydrogens is 350 g/mol. The summed E-state index contributed by atoms with van der Waals surface area (Å²) in [4.78, 5) is -0.0289. The summed E-state index contributed by atoms with van der Waals surface area (Å²) in [6.45, 7) is 0. The third kappa shape index (κ3) is 4.34. The minimum atomic E-state index is -4.28. The van der Waals surface area contributed by atoms with Gasteiger partial charge in [0.25, 0.3) is 10.1 Å². The molecule has 3 aromatic rings. The molecule has 0 aliphatic heterocycles. The van der Waals surface area contributed by atoms with E-state index in [2.05, 4.69) is 0 Å².